The molecule has 0 bridgehead atoms. The van der Waals surface area contributed by atoms with E-state index in [-0.39, 0.29) is 3.42 Å². The number of nitriles is 1. The molecule has 0 aromatic rings. The average Bonchev–Trinajstić information content (AvgIpc) is 1.90. The highest BCUT2D eigenvalue weighted by atomic mass is 127. The number of rotatable bonds is 0. The van der Waals surface area contributed by atoms with E-state index in [1.54, 1.807) is 0 Å². The first-order valence-electron chi connectivity index (χ1n) is 2.71. The zero-order valence-corrected chi connectivity index (χ0v) is 7.00. The van der Waals surface area contributed by atoms with Crippen LogP contribution in [0.5, 0.6) is 0 Å². The monoisotopic (exact) mass is 231 g/mol. The normalized spacial score (nSPS) is 32.0. The standard InChI is InChI=1S/C7H6IN/c8-7(6-9)4-2-1-3-5-7/h1-4H,5H2. The number of allylic oxidation sites excluding steroid dienone is 4. The summed E-state index contributed by atoms with van der Waals surface area (Å²) in [5, 5.41) is 8.61. The fourth-order valence-electron chi connectivity index (χ4n) is 0.677. The fraction of sp³-hybridized carbons (Fsp3) is 0.286. The molecule has 1 aliphatic carbocycles. The van der Waals surface area contributed by atoms with Gasteiger partial charge in [-0.2, -0.15) is 5.26 Å². The van der Waals surface area contributed by atoms with Crippen molar-refractivity contribution in [3.63, 3.8) is 0 Å². The second kappa shape index (κ2) is 2.53. The van der Waals surface area contributed by atoms with E-state index >= 15 is 0 Å². The zero-order valence-electron chi connectivity index (χ0n) is 4.84. The summed E-state index contributed by atoms with van der Waals surface area (Å²) in [6.45, 7) is 0. The molecule has 1 unspecified atom stereocenters. The number of nitrogens with zero attached hydrogens (tertiary/aromatic N) is 1. The fourth-order valence-corrected chi connectivity index (χ4v) is 1.14. The second-order valence-electron chi connectivity index (χ2n) is 1.97. The topological polar surface area (TPSA) is 23.8 Å². The largest absolute Gasteiger partial charge is 0.196 e. The lowest BCUT2D eigenvalue weighted by atomic mass is 10.0. The van der Waals surface area contributed by atoms with Crippen molar-refractivity contribution < 1.29 is 0 Å². The lowest BCUT2D eigenvalue weighted by Crippen LogP contribution is -2.13. The van der Waals surface area contributed by atoms with Gasteiger partial charge < -0.3 is 0 Å². The number of hydrogen-bond acceptors (Lipinski definition) is 1. The molecular weight excluding hydrogens is 225 g/mol. The van der Waals surface area contributed by atoms with Crippen LogP contribution in [-0.2, 0) is 0 Å². The van der Waals surface area contributed by atoms with Gasteiger partial charge in [-0.15, -0.1) is 0 Å². The maximum atomic E-state index is 8.61. The number of hydrogen-bond donors (Lipinski definition) is 0. The van der Waals surface area contributed by atoms with E-state index in [1.165, 1.54) is 0 Å². The van der Waals surface area contributed by atoms with Gasteiger partial charge in [0.1, 0.15) is 3.42 Å². The molecule has 1 nitrogen and oxygen atoms in total. The van der Waals surface area contributed by atoms with Gasteiger partial charge in [-0.25, -0.2) is 0 Å². The highest BCUT2D eigenvalue weighted by Crippen LogP contribution is 2.26. The first-order chi connectivity index (χ1) is 4.27. The first-order valence-corrected chi connectivity index (χ1v) is 3.79. The van der Waals surface area contributed by atoms with E-state index in [2.05, 4.69) is 28.7 Å². The van der Waals surface area contributed by atoms with Crippen LogP contribution in [0.1, 0.15) is 6.42 Å². The summed E-state index contributed by atoms with van der Waals surface area (Å²) < 4.78 is -0.271. The molecule has 1 rings (SSSR count). The van der Waals surface area contributed by atoms with Crippen molar-refractivity contribution in [2.24, 2.45) is 0 Å². The SMILES string of the molecule is N#CC1(I)C=CC=CC1. The molecule has 0 radical (unpaired) electrons. The third-order valence-corrected chi connectivity index (χ3v) is 2.25. The van der Waals surface area contributed by atoms with E-state index in [1.807, 2.05) is 24.3 Å². The van der Waals surface area contributed by atoms with E-state index in [9.17, 15) is 0 Å². The summed E-state index contributed by atoms with van der Waals surface area (Å²) in [7, 11) is 0. The Bertz CT molecular complexity index is 199. The minimum atomic E-state index is -0.271. The molecule has 0 heterocycles. The highest BCUT2D eigenvalue weighted by Gasteiger charge is 2.21. The van der Waals surface area contributed by atoms with Gasteiger partial charge in [0.2, 0.25) is 0 Å². The Morgan fingerprint density at radius 3 is 2.67 bits per heavy atom. The maximum absolute atomic E-state index is 8.61. The Morgan fingerprint density at radius 2 is 2.33 bits per heavy atom. The Labute approximate surface area is 68.2 Å². The summed E-state index contributed by atoms with van der Waals surface area (Å²) in [5.74, 6) is 0. The van der Waals surface area contributed by atoms with Gasteiger partial charge in [0.05, 0.1) is 6.07 Å². The molecule has 0 amide bonds. The van der Waals surface area contributed by atoms with Crippen molar-refractivity contribution in [1.82, 2.24) is 0 Å². The average molecular weight is 231 g/mol. The van der Waals surface area contributed by atoms with Gasteiger partial charge in [-0.3, -0.25) is 0 Å². The molecule has 0 aliphatic heterocycles. The van der Waals surface area contributed by atoms with Crippen LogP contribution in [0.15, 0.2) is 24.3 Å². The smallest absolute Gasteiger partial charge is 0.130 e. The molecule has 0 saturated heterocycles. The molecule has 0 aromatic heterocycles. The lowest BCUT2D eigenvalue weighted by Gasteiger charge is -2.13. The van der Waals surface area contributed by atoms with Crippen LogP contribution in [0.25, 0.3) is 0 Å². The molecule has 0 fully saturated rings. The summed E-state index contributed by atoms with van der Waals surface area (Å²) >= 11 is 2.15. The zero-order chi connectivity index (χ0) is 6.74. The predicted molar refractivity (Wildman–Crippen MR) is 45.3 cm³/mol. The predicted octanol–water partition coefficient (Wildman–Crippen LogP) is 2.20. The van der Waals surface area contributed by atoms with Gasteiger partial charge in [-0.1, -0.05) is 46.9 Å². The first kappa shape index (κ1) is 6.81. The van der Waals surface area contributed by atoms with Crippen molar-refractivity contribution in [1.29, 1.82) is 5.26 Å². The van der Waals surface area contributed by atoms with E-state index < -0.39 is 0 Å². The van der Waals surface area contributed by atoms with Crippen LogP contribution < -0.4 is 0 Å². The summed E-state index contributed by atoms with van der Waals surface area (Å²) in [6, 6.07) is 2.23. The molecule has 9 heavy (non-hydrogen) atoms. The Hall–Kier alpha value is -0.300. The van der Waals surface area contributed by atoms with Crippen LogP contribution in [0.2, 0.25) is 0 Å². The van der Waals surface area contributed by atoms with E-state index in [0.717, 1.165) is 6.42 Å². The van der Waals surface area contributed by atoms with Gasteiger partial charge in [0.15, 0.2) is 0 Å². The van der Waals surface area contributed by atoms with Crippen LogP contribution in [0.4, 0.5) is 0 Å². The molecule has 1 aliphatic rings. The maximum Gasteiger partial charge on any atom is 0.130 e. The van der Waals surface area contributed by atoms with Crippen molar-refractivity contribution in [2.75, 3.05) is 0 Å². The molecular formula is C7H6IN. The van der Waals surface area contributed by atoms with E-state index in [4.69, 9.17) is 5.26 Å². The quantitative estimate of drug-likeness (QED) is 0.463. The van der Waals surface area contributed by atoms with Gasteiger partial charge >= 0.3 is 0 Å². The highest BCUT2D eigenvalue weighted by molar-refractivity contribution is 14.1. The van der Waals surface area contributed by atoms with Gasteiger partial charge in [0.25, 0.3) is 0 Å². The van der Waals surface area contributed by atoms with Crippen LogP contribution in [-0.4, -0.2) is 3.42 Å². The van der Waals surface area contributed by atoms with Crippen molar-refractivity contribution in [3.8, 4) is 6.07 Å². The summed E-state index contributed by atoms with van der Waals surface area (Å²) in [6.07, 6.45) is 8.65. The Kier molecular flexibility index (Phi) is 1.91. The minimum absolute atomic E-state index is 0.271. The lowest BCUT2D eigenvalue weighted by molar-refractivity contribution is 0.934. The molecule has 1 atom stereocenters. The molecule has 0 spiro atoms. The number of alkyl halides is 1. The van der Waals surface area contributed by atoms with Gasteiger partial charge in [-0.05, 0) is 6.42 Å². The Balaban J connectivity index is 2.77. The van der Waals surface area contributed by atoms with E-state index in [0.29, 0.717) is 0 Å². The van der Waals surface area contributed by atoms with Crippen molar-refractivity contribution >= 4 is 22.6 Å². The van der Waals surface area contributed by atoms with Crippen LogP contribution in [0.3, 0.4) is 0 Å². The molecule has 46 valence electrons. The number of halogens is 1. The summed E-state index contributed by atoms with van der Waals surface area (Å²) in [4.78, 5) is 0. The second-order valence-corrected chi connectivity index (χ2v) is 3.89. The van der Waals surface area contributed by atoms with Crippen LogP contribution in [0, 0.1) is 11.3 Å². The molecule has 2 heteroatoms. The third kappa shape index (κ3) is 1.55. The minimum Gasteiger partial charge on any atom is -0.196 e. The summed E-state index contributed by atoms with van der Waals surface area (Å²) in [5.41, 5.74) is 0. The Morgan fingerprint density at radius 1 is 1.56 bits per heavy atom. The van der Waals surface area contributed by atoms with Gasteiger partial charge in [0, 0.05) is 0 Å². The molecule has 0 saturated carbocycles. The molecule has 0 N–H and O–H groups in total. The van der Waals surface area contributed by atoms with Crippen molar-refractivity contribution in [3.05, 3.63) is 24.3 Å². The van der Waals surface area contributed by atoms with Crippen LogP contribution >= 0.6 is 22.6 Å². The third-order valence-electron chi connectivity index (χ3n) is 1.21. The van der Waals surface area contributed by atoms with Crippen molar-refractivity contribution in [2.45, 2.75) is 9.84 Å². The molecule has 0 aromatic carbocycles.